The fourth-order valence-electron chi connectivity index (χ4n) is 1.12. The van der Waals surface area contributed by atoms with Crippen LogP contribution in [0.15, 0.2) is 27.3 Å². The maximum Gasteiger partial charge on any atom is 0.293 e. The topological polar surface area (TPSA) is 64.1 Å². The van der Waals surface area contributed by atoms with Gasteiger partial charge in [-0.3, -0.25) is 0 Å². The van der Waals surface area contributed by atoms with Crippen molar-refractivity contribution in [3.8, 4) is 11.7 Å². The smallest absolute Gasteiger partial charge is 0.293 e. The molecule has 0 aliphatic carbocycles. The molecule has 0 atom stereocenters. The summed E-state index contributed by atoms with van der Waals surface area (Å²) in [5.74, 6) is 1.65. The van der Waals surface area contributed by atoms with Gasteiger partial charge in [-0.2, -0.15) is 4.98 Å². The van der Waals surface area contributed by atoms with E-state index in [4.69, 9.17) is 8.94 Å². The lowest BCUT2D eigenvalue weighted by atomic mass is 10.4. The highest BCUT2D eigenvalue weighted by Crippen LogP contribution is 2.16. The van der Waals surface area contributed by atoms with Crippen molar-refractivity contribution in [2.75, 3.05) is 0 Å². The summed E-state index contributed by atoms with van der Waals surface area (Å²) in [4.78, 5) is 4.19. The maximum atomic E-state index is 5.14. The normalized spacial score (nSPS) is 11.1. The van der Waals surface area contributed by atoms with Gasteiger partial charge in [0.25, 0.3) is 5.89 Å². The van der Waals surface area contributed by atoms with Gasteiger partial charge < -0.3 is 14.3 Å². The summed E-state index contributed by atoms with van der Waals surface area (Å²) in [5, 5.41) is 7.04. The maximum absolute atomic E-state index is 5.14. The van der Waals surface area contributed by atoms with E-state index in [1.807, 2.05) is 0 Å². The monoisotopic (exact) mass is 207 g/mol. The molecular weight excluding hydrogens is 194 g/mol. The second kappa shape index (κ2) is 4.27. The first-order chi connectivity index (χ1) is 7.25. The summed E-state index contributed by atoms with van der Waals surface area (Å²) in [5.41, 5.74) is 0. The molecule has 5 heteroatoms. The summed E-state index contributed by atoms with van der Waals surface area (Å²) in [6, 6.07) is 3.97. The Balaban J connectivity index is 2.04. The van der Waals surface area contributed by atoms with E-state index >= 15 is 0 Å². The van der Waals surface area contributed by atoms with Crippen LogP contribution >= 0.6 is 0 Å². The SMILES string of the molecule is CC(C)NCc1noc(-c2ccco2)n1. The number of hydrogen-bond donors (Lipinski definition) is 1. The van der Waals surface area contributed by atoms with Gasteiger partial charge in [0.15, 0.2) is 11.6 Å². The van der Waals surface area contributed by atoms with Gasteiger partial charge in [0, 0.05) is 6.04 Å². The molecule has 0 bridgehead atoms. The lowest BCUT2D eigenvalue weighted by molar-refractivity contribution is 0.405. The molecule has 2 heterocycles. The zero-order valence-corrected chi connectivity index (χ0v) is 8.73. The van der Waals surface area contributed by atoms with Crippen LogP contribution in [0.3, 0.4) is 0 Å². The summed E-state index contributed by atoms with van der Waals surface area (Å²) < 4.78 is 10.2. The minimum atomic E-state index is 0.399. The molecule has 80 valence electrons. The summed E-state index contributed by atoms with van der Waals surface area (Å²) in [7, 11) is 0. The second-order valence-corrected chi connectivity index (χ2v) is 3.53. The van der Waals surface area contributed by atoms with Crippen LogP contribution < -0.4 is 5.32 Å². The average Bonchev–Trinajstić information content (AvgIpc) is 2.85. The van der Waals surface area contributed by atoms with E-state index in [0.29, 0.717) is 30.1 Å². The molecule has 0 unspecified atom stereocenters. The Morgan fingerprint density at radius 3 is 3.00 bits per heavy atom. The quantitative estimate of drug-likeness (QED) is 0.828. The molecule has 0 aliphatic rings. The van der Waals surface area contributed by atoms with E-state index in [-0.39, 0.29) is 0 Å². The molecule has 5 nitrogen and oxygen atoms in total. The van der Waals surface area contributed by atoms with Gasteiger partial charge in [0.05, 0.1) is 12.8 Å². The zero-order chi connectivity index (χ0) is 10.7. The predicted molar refractivity (Wildman–Crippen MR) is 54.0 cm³/mol. The van der Waals surface area contributed by atoms with Gasteiger partial charge >= 0.3 is 0 Å². The van der Waals surface area contributed by atoms with E-state index in [1.54, 1.807) is 18.4 Å². The van der Waals surface area contributed by atoms with Gasteiger partial charge in [-0.25, -0.2) is 0 Å². The molecule has 2 rings (SSSR count). The molecule has 1 N–H and O–H groups in total. The van der Waals surface area contributed by atoms with E-state index in [2.05, 4.69) is 29.3 Å². The standard InChI is InChI=1S/C10H13N3O2/c1-7(2)11-6-9-12-10(15-13-9)8-4-3-5-14-8/h3-5,7,11H,6H2,1-2H3. The van der Waals surface area contributed by atoms with Crippen molar-refractivity contribution in [3.63, 3.8) is 0 Å². The van der Waals surface area contributed by atoms with Crippen molar-refractivity contribution in [3.05, 3.63) is 24.2 Å². The second-order valence-electron chi connectivity index (χ2n) is 3.53. The largest absolute Gasteiger partial charge is 0.459 e. The van der Waals surface area contributed by atoms with Gasteiger partial charge in [-0.1, -0.05) is 19.0 Å². The summed E-state index contributed by atoms with van der Waals surface area (Å²) in [6.07, 6.45) is 1.57. The number of hydrogen-bond acceptors (Lipinski definition) is 5. The van der Waals surface area contributed by atoms with Crippen LogP contribution in [0.5, 0.6) is 0 Å². The fraction of sp³-hybridized carbons (Fsp3) is 0.400. The first-order valence-electron chi connectivity index (χ1n) is 4.85. The molecule has 0 spiro atoms. The lowest BCUT2D eigenvalue weighted by Crippen LogP contribution is -2.22. The average molecular weight is 207 g/mol. The molecule has 0 saturated carbocycles. The van der Waals surface area contributed by atoms with Crippen LogP contribution in [0, 0.1) is 0 Å². The van der Waals surface area contributed by atoms with Crippen LogP contribution in [0.2, 0.25) is 0 Å². The van der Waals surface area contributed by atoms with Crippen LogP contribution in [0.25, 0.3) is 11.7 Å². The van der Waals surface area contributed by atoms with Gasteiger partial charge in [0.2, 0.25) is 0 Å². The number of aromatic nitrogens is 2. The Labute approximate surface area is 87.5 Å². The molecule has 0 radical (unpaired) electrons. The van der Waals surface area contributed by atoms with Crippen molar-refractivity contribution >= 4 is 0 Å². The lowest BCUT2D eigenvalue weighted by Gasteiger charge is -2.02. The third-order valence-electron chi connectivity index (χ3n) is 1.87. The highest BCUT2D eigenvalue weighted by atomic mass is 16.5. The Bertz CT molecular complexity index is 406. The minimum absolute atomic E-state index is 0.399. The van der Waals surface area contributed by atoms with Crippen molar-refractivity contribution in [1.82, 2.24) is 15.5 Å². The van der Waals surface area contributed by atoms with Crippen LogP contribution in [0.1, 0.15) is 19.7 Å². The highest BCUT2D eigenvalue weighted by molar-refractivity contribution is 5.42. The minimum Gasteiger partial charge on any atom is -0.459 e. The molecular formula is C10H13N3O2. The predicted octanol–water partition coefficient (Wildman–Crippen LogP) is 1.83. The zero-order valence-electron chi connectivity index (χ0n) is 8.73. The van der Waals surface area contributed by atoms with E-state index in [0.717, 1.165) is 0 Å². The Morgan fingerprint density at radius 2 is 2.33 bits per heavy atom. The number of nitrogens with zero attached hydrogens (tertiary/aromatic N) is 2. The van der Waals surface area contributed by atoms with E-state index in [1.165, 1.54) is 0 Å². The molecule has 0 fully saturated rings. The molecule has 2 aromatic heterocycles. The first kappa shape index (κ1) is 9.92. The third kappa shape index (κ3) is 2.44. The Kier molecular flexibility index (Phi) is 2.82. The van der Waals surface area contributed by atoms with E-state index < -0.39 is 0 Å². The van der Waals surface area contributed by atoms with Crippen LogP contribution in [0.4, 0.5) is 0 Å². The van der Waals surface area contributed by atoms with E-state index in [9.17, 15) is 0 Å². The van der Waals surface area contributed by atoms with Crippen LogP contribution in [-0.4, -0.2) is 16.2 Å². The number of furan rings is 1. The Hall–Kier alpha value is -1.62. The van der Waals surface area contributed by atoms with Crippen molar-refractivity contribution in [2.24, 2.45) is 0 Å². The molecule has 0 amide bonds. The third-order valence-corrected chi connectivity index (χ3v) is 1.87. The highest BCUT2D eigenvalue weighted by Gasteiger charge is 2.10. The summed E-state index contributed by atoms with van der Waals surface area (Å²) >= 11 is 0. The first-order valence-corrected chi connectivity index (χ1v) is 4.85. The number of nitrogens with one attached hydrogen (secondary N) is 1. The molecule has 0 aromatic carbocycles. The Morgan fingerprint density at radius 1 is 1.47 bits per heavy atom. The molecule has 0 aliphatic heterocycles. The van der Waals surface area contributed by atoms with Gasteiger partial charge in [0.1, 0.15) is 0 Å². The van der Waals surface area contributed by atoms with Gasteiger partial charge in [-0.15, -0.1) is 0 Å². The van der Waals surface area contributed by atoms with Gasteiger partial charge in [-0.05, 0) is 12.1 Å². The molecule has 15 heavy (non-hydrogen) atoms. The fourth-order valence-corrected chi connectivity index (χ4v) is 1.12. The van der Waals surface area contributed by atoms with Crippen molar-refractivity contribution < 1.29 is 8.94 Å². The van der Waals surface area contributed by atoms with Crippen LogP contribution in [-0.2, 0) is 6.54 Å². The van der Waals surface area contributed by atoms with Crippen molar-refractivity contribution in [1.29, 1.82) is 0 Å². The number of rotatable bonds is 4. The van der Waals surface area contributed by atoms with Crippen molar-refractivity contribution in [2.45, 2.75) is 26.4 Å². The summed E-state index contributed by atoms with van der Waals surface area (Å²) in [6.45, 7) is 4.73. The molecule has 2 aromatic rings. The molecule has 0 saturated heterocycles.